The number of aliphatic hydroxyl groups excluding tert-OH is 2. The quantitative estimate of drug-likeness (QED) is 0.104. The van der Waals surface area contributed by atoms with Gasteiger partial charge in [0.15, 0.2) is 0 Å². The zero-order valence-electron chi connectivity index (χ0n) is 29.2. The molecule has 0 atom stereocenters. The van der Waals surface area contributed by atoms with E-state index in [-0.39, 0.29) is 13.2 Å². The molecule has 0 amide bonds. The molecule has 2 aromatic carbocycles. The van der Waals surface area contributed by atoms with Gasteiger partial charge in [-0.2, -0.15) is 10.5 Å². The van der Waals surface area contributed by atoms with Gasteiger partial charge in [-0.1, -0.05) is 24.3 Å². The molecular weight excluding hydrogens is 628 g/mol. The highest BCUT2D eigenvalue weighted by Crippen LogP contribution is 2.35. The minimum atomic E-state index is 0.129. The van der Waals surface area contributed by atoms with Crippen molar-refractivity contribution in [1.29, 1.82) is 10.5 Å². The lowest BCUT2D eigenvalue weighted by molar-refractivity contribution is 0.201. The van der Waals surface area contributed by atoms with E-state index >= 15 is 0 Å². The van der Waals surface area contributed by atoms with Gasteiger partial charge in [0.2, 0.25) is 0 Å². The van der Waals surface area contributed by atoms with Gasteiger partial charge in [-0.15, -0.1) is 0 Å². The van der Waals surface area contributed by atoms with Crippen LogP contribution >= 0.6 is 0 Å². The van der Waals surface area contributed by atoms with Crippen LogP contribution in [0.2, 0.25) is 0 Å². The van der Waals surface area contributed by atoms with E-state index in [1.54, 1.807) is 24.8 Å². The lowest BCUT2D eigenvalue weighted by Gasteiger charge is -2.22. The lowest BCUT2D eigenvalue weighted by Crippen LogP contribution is -2.27. The molecule has 0 spiro atoms. The summed E-state index contributed by atoms with van der Waals surface area (Å²) in [5.74, 6) is 1.69. The van der Waals surface area contributed by atoms with Gasteiger partial charge in [0.1, 0.15) is 23.6 Å². The summed E-state index contributed by atoms with van der Waals surface area (Å²) in [6, 6.07) is 20.3. The van der Waals surface area contributed by atoms with Crippen LogP contribution in [-0.4, -0.2) is 82.6 Å². The predicted octanol–water partition coefficient (Wildman–Crippen LogP) is 5.81. The molecule has 2 aromatic heterocycles. The third-order valence-corrected chi connectivity index (χ3v) is 8.54. The number of ether oxygens (including phenoxy) is 2. The van der Waals surface area contributed by atoms with E-state index < -0.39 is 0 Å². The molecule has 0 aliphatic rings. The van der Waals surface area contributed by atoms with Gasteiger partial charge < -0.3 is 19.7 Å². The van der Waals surface area contributed by atoms with E-state index in [4.69, 9.17) is 9.47 Å². The summed E-state index contributed by atoms with van der Waals surface area (Å²) < 4.78 is 12.6. The standard InChI is InChI=1S/C40H48N6O4/c1-31-37(9-3-11-39(31)49-19-7-15-45(13-5-17-47)29-35-21-33(23-41)25-43-27-35)38-10-4-12-40(32(38)2)50-20-8-16-46(14-6-18-48)30-36-22-34(24-42)26-44-28-36/h3-4,9-12,21-22,25-28,47-48H,5-8,13-20,29-30H2,1-2H3. The first-order chi connectivity index (χ1) is 24.4. The molecule has 0 radical (unpaired) electrons. The summed E-state index contributed by atoms with van der Waals surface area (Å²) in [5, 5.41) is 37.2. The van der Waals surface area contributed by atoms with Crippen LogP contribution in [0.15, 0.2) is 73.3 Å². The van der Waals surface area contributed by atoms with Crippen LogP contribution in [0.3, 0.4) is 0 Å². The lowest BCUT2D eigenvalue weighted by atomic mass is 9.95. The van der Waals surface area contributed by atoms with Gasteiger partial charge in [0.25, 0.3) is 0 Å². The average Bonchev–Trinajstić information content (AvgIpc) is 3.14. The van der Waals surface area contributed by atoms with E-state index in [2.05, 4.69) is 57.9 Å². The molecule has 0 aliphatic carbocycles. The zero-order valence-corrected chi connectivity index (χ0v) is 29.2. The molecule has 262 valence electrons. The van der Waals surface area contributed by atoms with E-state index in [1.807, 2.05) is 36.4 Å². The Morgan fingerprint density at radius 1 is 0.620 bits per heavy atom. The number of nitriles is 2. The van der Waals surface area contributed by atoms with Crippen LogP contribution < -0.4 is 9.47 Å². The van der Waals surface area contributed by atoms with Crippen molar-refractivity contribution < 1.29 is 19.7 Å². The second-order valence-corrected chi connectivity index (χ2v) is 12.4. The monoisotopic (exact) mass is 676 g/mol. The van der Waals surface area contributed by atoms with E-state index in [9.17, 15) is 20.7 Å². The highest BCUT2D eigenvalue weighted by atomic mass is 16.5. The first kappa shape index (κ1) is 38.0. The Labute approximate surface area is 296 Å². The first-order valence-electron chi connectivity index (χ1n) is 17.2. The molecular formula is C40H48N6O4. The third-order valence-electron chi connectivity index (χ3n) is 8.54. The fourth-order valence-corrected chi connectivity index (χ4v) is 5.98. The van der Waals surface area contributed by atoms with Crippen molar-refractivity contribution >= 4 is 0 Å². The second-order valence-electron chi connectivity index (χ2n) is 12.4. The summed E-state index contributed by atoms with van der Waals surface area (Å²) in [4.78, 5) is 12.9. The first-order valence-corrected chi connectivity index (χ1v) is 17.2. The Hall–Kier alpha value is -4.84. The Balaban J connectivity index is 1.32. The number of hydrogen-bond donors (Lipinski definition) is 2. The van der Waals surface area contributed by atoms with E-state index in [1.165, 1.54) is 0 Å². The van der Waals surface area contributed by atoms with Crippen LogP contribution in [0.4, 0.5) is 0 Å². The highest BCUT2D eigenvalue weighted by Gasteiger charge is 2.14. The van der Waals surface area contributed by atoms with Crippen LogP contribution in [-0.2, 0) is 13.1 Å². The molecule has 4 aromatic rings. The maximum absolute atomic E-state index is 9.40. The summed E-state index contributed by atoms with van der Waals surface area (Å²) in [6.07, 6.45) is 9.67. The number of pyridine rings is 2. The Morgan fingerprint density at radius 3 is 1.44 bits per heavy atom. The van der Waals surface area contributed by atoms with Gasteiger partial charge in [-0.05, 0) is 97.2 Å². The van der Waals surface area contributed by atoms with Crippen molar-refractivity contribution in [3.63, 3.8) is 0 Å². The van der Waals surface area contributed by atoms with E-state index in [0.29, 0.717) is 50.3 Å². The van der Waals surface area contributed by atoms with Crippen molar-refractivity contribution in [2.45, 2.75) is 52.6 Å². The second kappa shape index (κ2) is 20.6. The molecule has 2 N–H and O–H groups in total. The zero-order chi connectivity index (χ0) is 35.6. The van der Waals surface area contributed by atoms with Gasteiger partial charge in [-0.25, -0.2) is 0 Å². The number of hydrogen-bond acceptors (Lipinski definition) is 10. The molecule has 0 aliphatic heterocycles. The molecule has 50 heavy (non-hydrogen) atoms. The van der Waals surface area contributed by atoms with Crippen molar-refractivity contribution in [3.8, 4) is 34.8 Å². The number of aromatic nitrogens is 2. The van der Waals surface area contributed by atoms with Crippen LogP contribution in [0, 0.1) is 36.5 Å². The molecule has 10 nitrogen and oxygen atoms in total. The van der Waals surface area contributed by atoms with Crippen molar-refractivity contribution in [2.75, 3.05) is 52.6 Å². The third kappa shape index (κ3) is 11.6. The summed E-state index contributed by atoms with van der Waals surface area (Å²) >= 11 is 0. The van der Waals surface area contributed by atoms with E-state index in [0.717, 1.165) is 83.9 Å². The SMILES string of the molecule is Cc1c(OCCCN(CCCO)Cc2cncc(C#N)c2)cccc1-c1cccc(OCCCN(CCCO)Cc2cncc(C#N)c2)c1C. The normalized spacial score (nSPS) is 11.0. The molecule has 0 saturated carbocycles. The summed E-state index contributed by atoms with van der Waals surface area (Å²) in [6.45, 7) is 9.92. The number of rotatable bonds is 21. The van der Waals surface area contributed by atoms with Gasteiger partial charge in [0, 0.05) is 77.3 Å². The van der Waals surface area contributed by atoms with Crippen molar-refractivity contribution in [3.05, 3.63) is 107 Å². The highest BCUT2D eigenvalue weighted by molar-refractivity contribution is 5.74. The van der Waals surface area contributed by atoms with Gasteiger partial charge in [0.05, 0.1) is 24.3 Å². The Morgan fingerprint density at radius 2 is 1.04 bits per heavy atom. The molecule has 4 rings (SSSR count). The predicted molar refractivity (Wildman–Crippen MR) is 193 cm³/mol. The molecule has 0 unspecified atom stereocenters. The minimum absolute atomic E-state index is 0.129. The number of aliphatic hydroxyl groups is 2. The fourth-order valence-electron chi connectivity index (χ4n) is 5.98. The molecule has 0 bridgehead atoms. The van der Waals surface area contributed by atoms with Crippen LogP contribution in [0.25, 0.3) is 11.1 Å². The maximum Gasteiger partial charge on any atom is 0.122 e. The van der Waals surface area contributed by atoms with Gasteiger partial charge >= 0.3 is 0 Å². The molecule has 0 saturated heterocycles. The Bertz CT molecular complexity index is 1610. The molecule has 10 heteroatoms. The summed E-state index contributed by atoms with van der Waals surface area (Å²) in [5.41, 5.74) is 7.38. The average molecular weight is 677 g/mol. The molecule has 2 heterocycles. The fraction of sp³-hybridized carbons (Fsp3) is 0.400. The van der Waals surface area contributed by atoms with Crippen LogP contribution in [0.1, 0.15) is 59.1 Å². The topological polar surface area (TPSA) is 139 Å². The van der Waals surface area contributed by atoms with Crippen molar-refractivity contribution in [1.82, 2.24) is 19.8 Å². The number of benzene rings is 2. The smallest absolute Gasteiger partial charge is 0.122 e. The number of nitrogens with zero attached hydrogens (tertiary/aromatic N) is 6. The maximum atomic E-state index is 9.40. The molecule has 0 fully saturated rings. The largest absolute Gasteiger partial charge is 0.493 e. The Kier molecular flexibility index (Phi) is 15.7. The van der Waals surface area contributed by atoms with Crippen molar-refractivity contribution in [2.24, 2.45) is 0 Å². The summed E-state index contributed by atoms with van der Waals surface area (Å²) in [7, 11) is 0. The van der Waals surface area contributed by atoms with Crippen LogP contribution in [0.5, 0.6) is 11.5 Å². The van der Waals surface area contributed by atoms with Gasteiger partial charge in [-0.3, -0.25) is 19.8 Å². The minimum Gasteiger partial charge on any atom is -0.493 e.